The van der Waals surface area contributed by atoms with Gasteiger partial charge in [0.1, 0.15) is 0 Å². The van der Waals surface area contributed by atoms with Crippen molar-refractivity contribution in [1.29, 1.82) is 0 Å². The summed E-state index contributed by atoms with van der Waals surface area (Å²) in [4.78, 5) is 2.65. The van der Waals surface area contributed by atoms with Gasteiger partial charge in [-0.05, 0) is 37.3 Å². The van der Waals surface area contributed by atoms with Crippen LogP contribution >= 0.6 is 0 Å². The second-order valence-corrected chi connectivity index (χ2v) is 5.90. The van der Waals surface area contributed by atoms with Gasteiger partial charge in [0.15, 0.2) is 0 Å². The Morgan fingerprint density at radius 3 is 2.50 bits per heavy atom. The van der Waals surface area contributed by atoms with Crippen LogP contribution in [0.2, 0.25) is 0 Å². The summed E-state index contributed by atoms with van der Waals surface area (Å²) >= 11 is 0. The third-order valence-electron chi connectivity index (χ3n) is 3.74. The van der Waals surface area contributed by atoms with Gasteiger partial charge in [0, 0.05) is 19.6 Å². The fraction of sp³-hybridized carbons (Fsp3) is 1.00. The Bertz CT molecular complexity index is 183. The zero-order valence-corrected chi connectivity index (χ0v) is 11.7. The van der Waals surface area contributed by atoms with E-state index in [0.29, 0.717) is 5.41 Å². The number of rotatable bonds is 7. The molecule has 1 rings (SSSR count). The molecule has 0 aromatic carbocycles. The van der Waals surface area contributed by atoms with Crippen LogP contribution in [0.5, 0.6) is 0 Å². The molecule has 96 valence electrons. The van der Waals surface area contributed by atoms with E-state index in [2.05, 4.69) is 37.9 Å². The smallest absolute Gasteiger partial charge is 0.00506 e. The Labute approximate surface area is 102 Å². The molecule has 0 bridgehead atoms. The van der Waals surface area contributed by atoms with Crippen LogP contribution in [-0.2, 0) is 0 Å². The van der Waals surface area contributed by atoms with Crippen molar-refractivity contribution in [3.8, 4) is 0 Å². The molecule has 1 unspecified atom stereocenters. The summed E-state index contributed by atoms with van der Waals surface area (Å²) in [7, 11) is 0. The minimum atomic E-state index is 0.569. The van der Waals surface area contributed by atoms with Crippen molar-refractivity contribution in [3.63, 3.8) is 0 Å². The highest BCUT2D eigenvalue weighted by atomic mass is 15.1. The Morgan fingerprint density at radius 1 is 1.31 bits per heavy atom. The van der Waals surface area contributed by atoms with Gasteiger partial charge in [0.05, 0.1) is 0 Å². The van der Waals surface area contributed by atoms with Gasteiger partial charge in [-0.2, -0.15) is 0 Å². The Kier molecular flexibility index (Phi) is 5.77. The van der Waals surface area contributed by atoms with E-state index in [-0.39, 0.29) is 0 Å². The summed E-state index contributed by atoms with van der Waals surface area (Å²) < 4.78 is 0. The second-order valence-electron chi connectivity index (χ2n) is 5.90. The Morgan fingerprint density at radius 2 is 2.06 bits per heavy atom. The molecule has 16 heavy (non-hydrogen) atoms. The molecule has 1 aliphatic rings. The first-order chi connectivity index (χ1) is 7.62. The first-order valence-electron chi connectivity index (χ1n) is 7.05. The lowest BCUT2D eigenvalue weighted by Crippen LogP contribution is -2.40. The van der Waals surface area contributed by atoms with Crippen LogP contribution in [0.1, 0.15) is 47.0 Å². The Balaban J connectivity index is 2.51. The molecule has 1 fully saturated rings. The van der Waals surface area contributed by atoms with Crippen LogP contribution in [0.4, 0.5) is 0 Å². The number of nitrogens with zero attached hydrogens (tertiary/aromatic N) is 1. The van der Waals surface area contributed by atoms with Crippen molar-refractivity contribution >= 4 is 0 Å². The van der Waals surface area contributed by atoms with Crippen molar-refractivity contribution in [2.24, 2.45) is 11.3 Å². The second kappa shape index (κ2) is 6.61. The van der Waals surface area contributed by atoms with Gasteiger partial charge < -0.3 is 10.2 Å². The molecule has 2 heteroatoms. The highest BCUT2D eigenvalue weighted by molar-refractivity contribution is 4.90. The van der Waals surface area contributed by atoms with Gasteiger partial charge in [-0.1, -0.05) is 34.1 Å². The summed E-state index contributed by atoms with van der Waals surface area (Å²) in [6.07, 6.45) is 4.07. The molecule has 0 aliphatic carbocycles. The molecule has 1 saturated heterocycles. The van der Waals surface area contributed by atoms with E-state index >= 15 is 0 Å². The maximum absolute atomic E-state index is 3.55. The van der Waals surface area contributed by atoms with Crippen molar-refractivity contribution in [1.82, 2.24) is 10.2 Å². The minimum Gasteiger partial charge on any atom is -0.316 e. The molecule has 0 radical (unpaired) electrons. The summed E-state index contributed by atoms with van der Waals surface area (Å²) in [5.41, 5.74) is 0.569. The monoisotopic (exact) mass is 226 g/mol. The van der Waals surface area contributed by atoms with E-state index in [9.17, 15) is 0 Å². The van der Waals surface area contributed by atoms with Crippen molar-refractivity contribution in [3.05, 3.63) is 0 Å². The van der Waals surface area contributed by atoms with Crippen LogP contribution < -0.4 is 5.32 Å². The first kappa shape index (κ1) is 14.0. The molecule has 0 saturated carbocycles. The fourth-order valence-corrected chi connectivity index (χ4v) is 3.05. The largest absolute Gasteiger partial charge is 0.316 e. The topological polar surface area (TPSA) is 15.3 Å². The van der Waals surface area contributed by atoms with Gasteiger partial charge in [0.2, 0.25) is 0 Å². The number of hydrogen-bond donors (Lipinski definition) is 1. The first-order valence-corrected chi connectivity index (χ1v) is 7.05. The molecule has 0 aromatic heterocycles. The van der Waals surface area contributed by atoms with Crippen LogP contribution in [0.15, 0.2) is 0 Å². The van der Waals surface area contributed by atoms with Gasteiger partial charge in [0.25, 0.3) is 0 Å². The molecule has 1 heterocycles. The zero-order valence-electron chi connectivity index (χ0n) is 11.7. The maximum atomic E-state index is 3.55. The third-order valence-corrected chi connectivity index (χ3v) is 3.74. The van der Waals surface area contributed by atoms with E-state index in [0.717, 1.165) is 5.92 Å². The summed E-state index contributed by atoms with van der Waals surface area (Å²) in [6.45, 7) is 15.5. The molecular formula is C14H30N2. The highest BCUT2D eigenvalue weighted by Gasteiger charge is 2.34. The highest BCUT2D eigenvalue weighted by Crippen LogP contribution is 2.32. The van der Waals surface area contributed by atoms with Crippen molar-refractivity contribution in [2.75, 3.05) is 32.7 Å². The van der Waals surface area contributed by atoms with Gasteiger partial charge in [-0.15, -0.1) is 0 Å². The predicted octanol–water partition coefficient (Wildman–Crippen LogP) is 2.74. The summed E-state index contributed by atoms with van der Waals surface area (Å²) in [6, 6.07) is 0. The van der Waals surface area contributed by atoms with Gasteiger partial charge in [-0.25, -0.2) is 0 Å². The lowest BCUT2D eigenvalue weighted by atomic mass is 9.82. The molecule has 0 spiro atoms. The Hall–Kier alpha value is -0.0800. The number of hydrogen-bond acceptors (Lipinski definition) is 2. The normalized spacial score (nSPS) is 25.9. The third kappa shape index (κ3) is 4.06. The van der Waals surface area contributed by atoms with Crippen LogP contribution in [-0.4, -0.2) is 37.6 Å². The predicted molar refractivity (Wildman–Crippen MR) is 71.8 cm³/mol. The standard InChI is InChI=1S/C14H30N2/c1-5-7-14(8-9-15-11-14)12-16(6-2)10-13(3)4/h13,15H,5-12H2,1-4H3. The average molecular weight is 226 g/mol. The van der Waals surface area contributed by atoms with Crippen LogP contribution in [0.3, 0.4) is 0 Å². The average Bonchev–Trinajstić information content (AvgIpc) is 2.65. The van der Waals surface area contributed by atoms with Crippen molar-refractivity contribution < 1.29 is 0 Å². The summed E-state index contributed by atoms with van der Waals surface area (Å²) in [5.74, 6) is 0.785. The minimum absolute atomic E-state index is 0.569. The fourth-order valence-electron chi connectivity index (χ4n) is 3.05. The molecular weight excluding hydrogens is 196 g/mol. The van der Waals surface area contributed by atoms with Gasteiger partial charge >= 0.3 is 0 Å². The quantitative estimate of drug-likeness (QED) is 0.718. The maximum Gasteiger partial charge on any atom is 0.00506 e. The molecule has 1 atom stereocenters. The zero-order chi connectivity index (χ0) is 12.0. The SMILES string of the molecule is CCCC1(CN(CC)CC(C)C)CCNC1. The van der Waals surface area contributed by atoms with E-state index in [1.165, 1.54) is 52.0 Å². The van der Waals surface area contributed by atoms with E-state index in [1.54, 1.807) is 0 Å². The van der Waals surface area contributed by atoms with Crippen molar-refractivity contribution in [2.45, 2.75) is 47.0 Å². The van der Waals surface area contributed by atoms with E-state index in [4.69, 9.17) is 0 Å². The molecule has 2 nitrogen and oxygen atoms in total. The van der Waals surface area contributed by atoms with Crippen LogP contribution in [0, 0.1) is 11.3 Å². The van der Waals surface area contributed by atoms with E-state index in [1.807, 2.05) is 0 Å². The molecule has 1 N–H and O–H groups in total. The van der Waals surface area contributed by atoms with Gasteiger partial charge in [-0.3, -0.25) is 0 Å². The van der Waals surface area contributed by atoms with Crippen LogP contribution in [0.25, 0.3) is 0 Å². The molecule has 1 aliphatic heterocycles. The lowest BCUT2D eigenvalue weighted by molar-refractivity contribution is 0.145. The molecule has 0 aromatic rings. The summed E-state index contributed by atoms with van der Waals surface area (Å²) in [5, 5.41) is 3.55. The van der Waals surface area contributed by atoms with E-state index < -0.39 is 0 Å². The molecule has 0 amide bonds. The number of nitrogens with one attached hydrogen (secondary N) is 1. The lowest BCUT2D eigenvalue weighted by Gasteiger charge is -2.35.